The van der Waals surface area contributed by atoms with E-state index in [9.17, 15) is 9.59 Å². The number of fused-ring (bicyclic) bond motifs is 2. The second-order valence-corrected chi connectivity index (χ2v) is 6.89. The number of carbonyl (C=O) groups excluding carboxylic acids is 1. The predicted octanol–water partition coefficient (Wildman–Crippen LogP) is 1.98. The first-order chi connectivity index (χ1) is 8.75. The quantitative estimate of drug-likeness (QED) is 0.729. The minimum absolute atomic E-state index is 0.0403. The van der Waals surface area contributed by atoms with E-state index in [1.165, 1.54) is 19.3 Å². The van der Waals surface area contributed by atoms with Crippen LogP contribution in [0.2, 0.25) is 0 Å². The molecule has 0 spiro atoms. The maximum Gasteiger partial charge on any atom is 0.315 e. The van der Waals surface area contributed by atoms with E-state index >= 15 is 0 Å². The van der Waals surface area contributed by atoms with Crippen LogP contribution in [0.25, 0.3) is 0 Å². The summed E-state index contributed by atoms with van der Waals surface area (Å²) in [4.78, 5) is 22.3. The molecule has 2 rings (SSSR count). The van der Waals surface area contributed by atoms with Gasteiger partial charge in [0.1, 0.15) is 0 Å². The average molecular weight is 268 g/mol. The Morgan fingerprint density at radius 1 is 1.32 bits per heavy atom. The summed E-state index contributed by atoms with van der Waals surface area (Å²) < 4.78 is 0. The van der Waals surface area contributed by atoms with Crippen LogP contribution < -0.4 is 10.6 Å². The fourth-order valence-electron chi connectivity index (χ4n) is 4.13. The van der Waals surface area contributed by atoms with Crippen molar-refractivity contribution in [3.8, 4) is 0 Å². The molecule has 2 aliphatic carbocycles. The van der Waals surface area contributed by atoms with E-state index in [1.807, 2.05) is 0 Å². The molecule has 0 aliphatic heterocycles. The van der Waals surface area contributed by atoms with Crippen molar-refractivity contribution < 1.29 is 14.7 Å². The van der Waals surface area contributed by atoms with Crippen LogP contribution in [0, 0.1) is 16.7 Å². The Kier molecular flexibility index (Phi) is 3.49. The number of rotatable bonds is 4. The molecular formula is C14H24N2O3. The van der Waals surface area contributed by atoms with Gasteiger partial charge in [0, 0.05) is 12.6 Å². The lowest BCUT2D eigenvalue weighted by atomic mass is 9.68. The molecule has 0 aromatic heterocycles. The van der Waals surface area contributed by atoms with Gasteiger partial charge in [-0.1, -0.05) is 20.8 Å². The minimum Gasteiger partial charge on any atom is -0.481 e. The Balaban J connectivity index is 1.91. The van der Waals surface area contributed by atoms with Gasteiger partial charge in [-0.05, 0) is 36.0 Å². The summed E-state index contributed by atoms with van der Waals surface area (Å²) in [6.07, 6.45) is 3.56. The molecule has 19 heavy (non-hydrogen) atoms. The minimum atomic E-state index is -0.896. The number of hydrogen-bond acceptors (Lipinski definition) is 2. The molecule has 3 N–H and O–H groups in total. The molecule has 5 heteroatoms. The standard InChI is InChI=1S/C14H24N2O3/c1-13(2)9-4-6-14(3,8-9)11(13)16-12(19)15-7-5-10(17)18/h9,11H,4-8H2,1-3H3,(H,17,18)(H2,15,16,19). The SMILES string of the molecule is CC12CCC(C1)C(C)(C)C2NC(=O)NCCC(=O)O. The second kappa shape index (κ2) is 4.69. The zero-order valence-electron chi connectivity index (χ0n) is 12.0. The summed E-state index contributed by atoms with van der Waals surface area (Å²) in [7, 11) is 0. The molecule has 0 radical (unpaired) electrons. The van der Waals surface area contributed by atoms with Gasteiger partial charge < -0.3 is 15.7 Å². The van der Waals surface area contributed by atoms with Crippen LogP contribution in [0.15, 0.2) is 0 Å². The van der Waals surface area contributed by atoms with Crippen molar-refractivity contribution in [2.24, 2.45) is 16.7 Å². The van der Waals surface area contributed by atoms with Crippen LogP contribution in [0.1, 0.15) is 46.5 Å². The number of carbonyl (C=O) groups is 2. The summed E-state index contributed by atoms with van der Waals surface area (Å²) in [5.74, 6) is -0.214. The number of nitrogens with one attached hydrogen (secondary N) is 2. The summed E-state index contributed by atoms with van der Waals surface area (Å²) in [5, 5.41) is 14.2. The third-order valence-electron chi connectivity index (χ3n) is 5.17. The molecule has 2 fully saturated rings. The summed E-state index contributed by atoms with van der Waals surface area (Å²) in [6.45, 7) is 6.88. The molecular weight excluding hydrogens is 244 g/mol. The van der Waals surface area contributed by atoms with Crippen molar-refractivity contribution in [2.75, 3.05) is 6.54 Å². The van der Waals surface area contributed by atoms with Crippen molar-refractivity contribution in [1.29, 1.82) is 0 Å². The normalized spacial score (nSPS) is 35.1. The van der Waals surface area contributed by atoms with Gasteiger partial charge in [-0.15, -0.1) is 0 Å². The molecule has 2 amide bonds. The first-order valence-electron chi connectivity index (χ1n) is 7.02. The van der Waals surface area contributed by atoms with E-state index in [2.05, 4.69) is 31.4 Å². The van der Waals surface area contributed by atoms with Gasteiger partial charge in [0.15, 0.2) is 0 Å². The zero-order chi connectivity index (χ0) is 14.3. The van der Waals surface area contributed by atoms with Gasteiger partial charge in [0.05, 0.1) is 6.42 Å². The Hall–Kier alpha value is -1.26. The van der Waals surface area contributed by atoms with Crippen molar-refractivity contribution in [3.63, 3.8) is 0 Å². The van der Waals surface area contributed by atoms with Gasteiger partial charge in [-0.25, -0.2) is 4.79 Å². The van der Waals surface area contributed by atoms with Gasteiger partial charge in [-0.2, -0.15) is 0 Å². The van der Waals surface area contributed by atoms with Gasteiger partial charge >= 0.3 is 12.0 Å². The third kappa shape index (κ3) is 2.55. The number of carboxylic acid groups (broad SMARTS) is 1. The maximum atomic E-state index is 11.9. The Labute approximate surface area is 114 Å². The second-order valence-electron chi connectivity index (χ2n) is 6.89. The van der Waals surface area contributed by atoms with E-state index in [4.69, 9.17) is 5.11 Å². The molecule has 108 valence electrons. The summed E-state index contributed by atoms with van der Waals surface area (Å²) >= 11 is 0. The number of amides is 2. The Morgan fingerprint density at radius 2 is 2.00 bits per heavy atom. The van der Waals surface area contributed by atoms with E-state index in [0.29, 0.717) is 5.92 Å². The zero-order valence-corrected chi connectivity index (χ0v) is 12.0. The lowest BCUT2D eigenvalue weighted by molar-refractivity contribution is -0.136. The highest BCUT2D eigenvalue weighted by Gasteiger charge is 2.59. The Morgan fingerprint density at radius 3 is 2.53 bits per heavy atom. The maximum absolute atomic E-state index is 11.9. The molecule has 3 atom stereocenters. The first-order valence-corrected chi connectivity index (χ1v) is 7.02. The molecule has 3 unspecified atom stereocenters. The topological polar surface area (TPSA) is 78.4 Å². The highest BCUT2D eigenvalue weighted by molar-refractivity contribution is 5.75. The van der Waals surface area contributed by atoms with Crippen molar-refractivity contribution in [1.82, 2.24) is 10.6 Å². The summed E-state index contributed by atoms with van der Waals surface area (Å²) in [5.41, 5.74) is 0.315. The third-order valence-corrected chi connectivity index (χ3v) is 5.17. The van der Waals surface area contributed by atoms with Crippen LogP contribution in [-0.2, 0) is 4.79 Å². The molecule has 5 nitrogen and oxygen atoms in total. The molecule has 0 saturated heterocycles. The molecule has 0 heterocycles. The fourth-order valence-corrected chi connectivity index (χ4v) is 4.13. The average Bonchev–Trinajstić information content (AvgIpc) is 2.75. The van der Waals surface area contributed by atoms with E-state index in [1.54, 1.807) is 0 Å². The van der Waals surface area contributed by atoms with Crippen molar-refractivity contribution in [3.05, 3.63) is 0 Å². The van der Waals surface area contributed by atoms with Gasteiger partial charge in [0.2, 0.25) is 0 Å². The highest BCUT2D eigenvalue weighted by Crippen LogP contribution is 2.62. The van der Waals surface area contributed by atoms with Crippen LogP contribution in [0.4, 0.5) is 4.79 Å². The molecule has 2 aliphatic rings. The highest BCUT2D eigenvalue weighted by atomic mass is 16.4. The van der Waals surface area contributed by atoms with Crippen LogP contribution in [0.5, 0.6) is 0 Å². The van der Waals surface area contributed by atoms with Crippen molar-refractivity contribution in [2.45, 2.75) is 52.5 Å². The lowest BCUT2D eigenvalue weighted by Crippen LogP contribution is -2.55. The first kappa shape index (κ1) is 14.2. The Bertz CT molecular complexity index is 389. The molecule has 2 bridgehead atoms. The van der Waals surface area contributed by atoms with Crippen LogP contribution >= 0.6 is 0 Å². The van der Waals surface area contributed by atoms with Gasteiger partial charge in [-0.3, -0.25) is 4.79 Å². The molecule has 0 aromatic carbocycles. The smallest absolute Gasteiger partial charge is 0.315 e. The van der Waals surface area contributed by atoms with Crippen LogP contribution in [-0.4, -0.2) is 29.7 Å². The van der Waals surface area contributed by atoms with Gasteiger partial charge in [0.25, 0.3) is 0 Å². The number of aliphatic carboxylic acids is 1. The lowest BCUT2D eigenvalue weighted by Gasteiger charge is -2.43. The predicted molar refractivity (Wildman–Crippen MR) is 71.8 cm³/mol. The monoisotopic (exact) mass is 268 g/mol. The number of urea groups is 1. The number of carboxylic acids is 1. The fraction of sp³-hybridized carbons (Fsp3) is 0.857. The van der Waals surface area contributed by atoms with Crippen LogP contribution in [0.3, 0.4) is 0 Å². The van der Waals surface area contributed by atoms with E-state index in [0.717, 1.165) is 0 Å². The summed E-state index contributed by atoms with van der Waals surface area (Å²) in [6, 6.07) is -0.0725. The van der Waals surface area contributed by atoms with Crippen molar-refractivity contribution >= 4 is 12.0 Å². The molecule has 0 aromatic rings. The van der Waals surface area contributed by atoms with E-state index < -0.39 is 5.97 Å². The van der Waals surface area contributed by atoms with E-state index in [-0.39, 0.29) is 35.9 Å². The largest absolute Gasteiger partial charge is 0.481 e. The molecule has 2 saturated carbocycles. The number of hydrogen-bond donors (Lipinski definition) is 3.